The van der Waals surface area contributed by atoms with E-state index in [0.717, 1.165) is 0 Å². The summed E-state index contributed by atoms with van der Waals surface area (Å²) in [4.78, 5) is 34.8. The van der Waals surface area contributed by atoms with Crippen LogP contribution in [0.25, 0.3) is 0 Å². The first-order valence-corrected chi connectivity index (χ1v) is 10.0. The number of hydrazone groups is 1. The molecule has 1 atom stereocenters. The summed E-state index contributed by atoms with van der Waals surface area (Å²) in [6, 6.07) is 18.3. The number of benzene rings is 3. The molecule has 0 bridgehead atoms. The molecule has 0 spiro atoms. The first-order valence-electron chi connectivity index (χ1n) is 9.64. The number of nitro benzene ring substituents is 1. The number of esters is 1. The van der Waals surface area contributed by atoms with Gasteiger partial charge in [0.1, 0.15) is 11.5 Å². The van der Waals surface area contributed by atoms with Crippen molar-refractivity contribution in [2.45, 2.75) is 13.0 Å². The maximum absolute atomic E-state index is 12.3. The van der Waals surface area contributed by atoms with Gasteiger partial charge >= 0.3 is 5.97 Å². The van der Waals surface area contributed by atoms with E-state index in [-0.39, 0.29) is 11.4 Å². The topological polar surface area (TPSA) is 120 Å². The maximum Gasteiger partial charge on any atom is 0.343 e. The van der Waals surface area contributed by atoms with Crippen LogP contribution in [0.2, 0.25) is 5.02 Å². The average Bonchev–Trinajstić information content (AvgIpc) is 2.80. The standard InChI is InChI=1S/C23H18ClN3O6/c1-15(32-20-12-10-19(11-13-20)27(30)31)22(28)26-25-14-17-4-2-3-5-21(17)33-23(29)16-6-8-18(24)9-7-16/h2-15H,1H3,(H,26,28)/b25-14-/t15-/m1/s1. The Morgan fingerprint density at radius 3 is 2.39 bits per heavy atom. The van der Waals surface area contributed by atoms with Gasteiger partial charge in [0.15, 0.2) is 6.10 Å². The minimum absolute atomic E-state index is 0.0838. The Labute approximate surface area is 193 Å². The van der Waals surface area contributed by atoms with Crippen LogP contribution in [0.1, 0.15) is 22.8 Å². The van der Waals surface area contributed by atoms with Gasteiger partial charge in [0.25, 0.3) is 11.6 Å². The van der Waals surface area contributed by atoms with Crippen molar-refractivity contribution in [3.63, 3.8) is 0 Å². The third kappa shape index (κ3) is 6.62. The molecule has 33 heavy (non-hydrogen) atoms. The fourth-order valence-electron chi connectivity index (χ4n) is 2.59. The molecule has 9 nitrogen and oxygen atoms in total. The maximum atomic E-state index is 12.3. The average molecular weight is 468 g/mol. The summed E-state index contributed by atoms with van der Waals surface area (Å²) >= 11 is 5.83. The number of ether oxygens (including phenoxy) is 2. The van der Waals surface area contributed by atoms with Gasteiger partial charge in [-0.2, -0.15) is 5.10 Å². The van der Waals surface area contributed by atoms with Crippen molar-refractivity contribution >= 4 is 35.4 Å². The molecule has 3 aromatic rings. The lowest BCUT2D eigenvalue weighted by atomic mass is 10.2. The Morgan fingerprint density at radius 1 is 1.06 bits per heavy atom. The minimum Gasteiger partial charge on any atom is -0.481 e. The van der Waals surface area contributed by atoms with Crippen molar-refractivity contribution in [3.8, 4) is 11.5 Å². The highest BCUT2D eigenvalue weighted by molar-refractivity contribution is 6.30. The molecular formula is C23H18ClN3O6. The molecule has 0 heterocycles. The number of non-ortho nitro benzene ring substituents is 1. The third-order valence-corrected chi connectivity index (χ3v) is 4.56. The molecule has 10 heteroatoms. The van der Waals surface area contributed by atoms with E-state index in [1.165, 1.54) is 37.4 Å². The highest BCUT2D eigenvalue weighted by Gasteiger charge is 2.15. The SMILES string of the molecule is C[C@@H](Oc1ccc([N+](=O)[O-])cc1)C(=O)N/N=C\c1ccccc1OC(=O)c1ccc(Cl)cc1. The second-order valence-electron chi connectivity index (χ2n) is 6.68. The molecule has 1 amide bonds. The molecule has 0 saturated carbocycles. The van der Waals surface area contributed by atoms with E-state index in [0.29, 0.717) is 21.9 Å². The molecule has 0 unspecified atom stereocenters. The summed E-state index contributed by atoms with van der Waals surface area (Å²) in [7, 11) is 0. The van der Waals surface area contributed by atoms with E-state index in [9.17, 15) is 19.7 Å². The number of carbonyl (C=O) groups excluding carboxylic acids is 2. The normalized spacial score (nSPS) is 11.6. The Hall–Kier alpha value is -4.24. The molecular weight excluding hydrogens is 450 g/mol. The number of hydrogen-bond acceptors (Lipinski definition) is 7. The van der Waals surface area contributed by atoms with Crippen LogP contribution in [-0.2, 0) is 4.79 Å². The monoisotopic (exact) mass is 467 g/mol. The minimum atomic E-state index is -0.915. The van der Waals surface area contributed by atoms with Crippen molar-refractivity contribution in [2.75, 3.05) is 0 Å². The van der Waals surface area contributed by atoms with Gasteiger partial charge in [0.2, 0.25) is 0 Å². The molecule has 0 aromatic heterocycles. The molecule has 1 N–H and O–H groups in total. The zero-order chi connectivity index (χ0) is 23.8. The van der Waals surface area contributed by atoms with Crippen LogP contribution in [0.3, 0.4) is 0 Å². The number of rotatable bonds is 8. The van der Waals surface area contributed by atoms with Crippen LogP contribution in [0, 0.1) is 10.1 Å². The molecule has 0 saturated heterocycles. The summed E-state index contributed by atoms with van der Waals surface area (Å²) in [5.41, 5.74) is 3.05. The molecule has 0 aliphatic rings. The first-order chi connectivity index (χ1) is 15.8. The van der Waals surface area contributed by atoms with Gasteiger partial charge in [-0.3, -0.25) is 14.9 Å². The number of nitro groups is 1. The highest BCUT2D eigenvalue weighted by atomic mass is 35.5. The number of hydrogen-bond donors (Lipinski definition) is 1. The summed E-state index contributed by atoms with van der Waals surface area (Å²) < 4.78 is 10.9. The van der Waals surface area contributed by atoms with E-state index >= 15 is 0 Å². The van der Waals surface area contributed by atoms with Gasteiger partial charge in [-0.15, -0.1) is 0 Å². The lowest BCUT2D eigenvalue weighted by Crippen LogP contribution is -2.33. The van der Waals surface area contributed by atoms with Crippen LogP contribution >= 0.6 is 11.6 Å². The van der Waals surface area contributed by atoms with E-state index in [4.69, 9.17) is 21.1 Å². The largest absolute Gasteiger partial charge is 0.481 e. The predicted octanol–water partition coefficient (Wildman–Crippen LogP) is 4.39. The van der Waals surface area contributed by atoms with Crippen LogP contribution in [0.4, 0.5) is 5.69 Å². The Morgan fingerprint density at radius 2 is 1.73 bits per heavy atom. The van der Waals surface area contributed by atoms with Crippen LogP contribution in [0.15, 0.2) is 77.9 Å². The van der Waals surface area contributed by atoms with Gasteiger partial charge in [-0.05, 0) is 55.5 Å². The Balaban J connectivity index is 1.59. The van der Waals surface area contributed by atoms with Crippen molar-refractivity contribution < 1.29 is 24.0 Å². The molecule has 3 aromatic carbocycles. The number of amides is 1. The van der Waals surface area contributed by atoms with Crippen LogP contribution in [0.5, 0.6) is 11.5 Å². The number of nitrogens with one attached hydrogen (secondary N) is 1. The molecule has 3 rings (SSSR count). The van der Waals surface area contributed by atoms with E-state index in [2.05, 4.69) is 10.5 Å². The Bertz CT molecular complexity index is 1180. The van der Waals surface area contributed by atoms with E-state index < -0.39 is 22.9 Å². The summed E-state index contributed by atoms with van der Waals surface area (Å²) in [6.07, 6.45) is 0.419. The van der Waals surface area contributed by atoms with Gasteiger partial charge < -0.3 is 9.47 Å². The zero-order valence-electron chi connectivity index (χ0n) is 17.3. The molecule has 0 aliphatic heterocycles. The third-order valence-electron chi connectivity index (χ3n) is 4.31. The quantitative estimate of drug-likeness (QED) is 0.172. The zero-order valence-corrected chi connectivity index (χ0v) is 18.1. The molecule has 0 fully saturated rings. The second kappa shape index (κ2) is 10.9. The fourth-order valence-corrected chi connectivity index (χ4v) is 2.71. The van der Waals surface area contributed by atoms with Gasteiger partial charge in [-0.1, -0.05) is 23.7 Å². The van der Waals surface area contributed by atoms with Gasteiger partial charge in [-0.25, -0.2) is 10.2 Å². The van der Waals surface area contributed by atoms with Crippen molar-refractivity contribution in [3.05, 3.63) is 99.1 Å². The van der Waals surface area contributed by atoms with Gasteiger partial charge in [0.05, 0.1) is 16.7 Å². The summed E-state index contributed by atoms with van der Waals surface area (Å²) in [5, 5.41) is 15.1. The summed E-state index contributed by atoms with van der Waals surface area (Å²) in [6.45, 7) is 1.51. The van der Waals surface area contributed by atoms with E-state index in [1.807, 2.05) is 0 Å². The summed E-state index contributed by atoms with van der Waals surface area (Å²) in [5.74, 6) is -0.556. The number of carbonyl (C=O) groups is 2. The Kier molecular flexibility index (Phi) is 7.72. The number of para-hydroxylation sites is 1. The predicted molar refractivity (Wildman–Crippen MR) is 122 cm³/mol. The number of nitrogens with zero attached hydrogens (tertiary/aromatic N) is 2. The molecule has 0 radical (unpaired) electrons. The van der Waals surface area contributed by atoms with E-state index in [1.54, 1.807) is 48.5 Å². The van der Waals surface area contributed by atoms with Crippen molar-refractivity contribution in [1.82, 2.24) is 5.43 Å². The lowest BCUT2D eigenvalue weighted by molar-refractivity contribution is -0.384. The van der Waals surface area contributed by atoms with Crippen LogP contribution in [-0.4, -0.2) is 29.1 Å². The number of halogens is 1. The first kappa shape index (κ1) is 23.4. The van der Waals surface area contributed by atoms with Crippen molar-refractivity contribution in [2.24, 2.45) is 5.10 Å². The smallest absolute Gasteiger partial charge is 0.343 e. The fraction of sp³-hybridized carbons (Fsp3) is 0.0870. The van der Waals surface area contributed by atoms with Gasteiger partial charge in [0, 0.05) is 22.7 Å². The van der Waals surface area contributed by atoms with Crippen molar-refractivity contribution in [1.29, 1.82) is 0 Å². The molecule has 168 valence electrons. The highest BCUT2D eigenvalue weighted by Crippen LogP contribution is 2.20. The van der Waals surface area contributed by atoms with Crippen LogP contribution < -0.4 is 14.9 Å². The lowest BCUT2D eigenvalue weighted by Gasteiger charge is -2.12. The molecule has 0 aliphatic carbocycles. The second-order valence-corrected chi connectivity index (χ2v) is 7.12.